The lowest BCUT2D eigenvalue weighted by atomic mass is 10.1. The van der Waals surface area contributed by atoms with E-state index in [1.54, 1.807) is 7.05 Å². The highest BCUT2D eigenvalue weighted by molar-refractivity contribution is 7.90. The molecule has 1 unspecified atom stereocenters. The Kier molecular flexibility index (Phi) is 5.65. The quantitative estimate of drug-likeness (QED) is 0.455. The van der Waals surface area contributed by atoms with Gasteiger partial charge in [0.15, 0.2) is 5.96 Å². The summed E-state index contributed by atoms with van der Waals surface area (Å²) in [5, 5.41) is 6.31. The molecule has 1 aromatic carbocycles. The van der Waals surface area contributed by atoms with Crippen LogP contribution in [-0.2, 0) is 16.3 Å². The van der Waals surface area contributed by atoms with Gasteiger partial charge in [0.2, 0.25) is 0 Å². The molecule has 1 aromatic rings. The number of rotatable bonds is 6. The third-order valence-corrected chi connectivity index (χ3v) is 4.45. The average Bonchev–Trinajstić information content (AvgIpc) is 2.88. The van der Waals surface area contributed by atoms with Crippen LogP contribution in [0.1, 0.15) is 12.0 Å². The Hall–Kier alpha value is -1.76. The van der Waals surface area contributed by atoms with E-state index < -0.39 is 9.84 Å². The molecule has 6 nitrogen and oxygen atoms in total. The van der Waals surface area contributed by atoms with E-state index in [9.17, 15) is 8.42 Å². The number of fused-ring (bicyclic) bond motifs is 1. The Morgan fingerprint density at radius 1 is 1.36 bits per heavy atom. The van der Waals surface area contributed by atoms with Gasteiger partial charge in [0.05, 0.1) is 12.3 Å². The Labute approximate surface area is 131 Å². The van der Waals surface area contributed by atoms with E-state index in [0.717, 1.165) is 12.2 Å². The van der Waals surface area contributed by atoms with Gasteiger partial charge in [0.25, 0.3) is 0 Å². The fourth-order valence-electron chi connectivity index (χ4n) is 2.34. The molecule has 7 heteroatoms. The van der Waals surface area contributed by atoms with Crippen molar-refractivity contribution in [3.05, 3.63) is 29.8 Å². The van der Waals surface area contributed by atoms with E-state index in [2.05, 4.69) is 21.7 Å². The second kappa shape index (κ2) is 7.49. The fraction of sp³-hybridized carbons (Fsp3) is 0.533. The van der Waals surface area contributed by atoms with Crippen LogP contribution in [0.15, 0.2) is 29.3 Å². The Balaban J connectivity index is 1.69. The molecule has 2 N–H and O–H groups in total. The first-order valence-corrected chi connectivity index (χ1v) is 9.41. The summed E-state index contributed by atoms with van der Waals surface area (Å²) >= 11 is 0. The summed E-state index contributed by atoms with van der Waals surface area (Å²) in [7, 11) is -1.21. The molecule has 0 radical (unpaired) electrons. The first kappa shape index (κ1) is 16.6. The fourth-order valence-corrected chi connectivity index (χ4v) is 3.01. The molecular formula is C15H23N3O3S. The van der Waals surface area contributed by atoms with E-state index in [0.29, 0.717) is 25.5 Å². The van der Waals surface area contributed by atoms with Crippen molar-refractivity contribution in [1.29, 1.82) is 0 Å². The highest BCUT2D eigenvalue weighted by Gasteiger charge is 2.22. The zero-order chi connectivity index (χ0) is 16.0. The van der Waals surface area contributed by atoms with Gasteiger partial charge in [-0.15, -0.1) is 0 Å². The van der Waals surface area contributed by atoms with Crippen molar-refractivity contribution < 1.29 is 13.2 Å². The molecule has 0 fully saturated rings. The molecule has 2 rings (SSSR count). The minimum atomic E-state index is -2.91. The summed E-state index contributed by atoms with van der Waals surface area (Å²) in [4.78, 5) is 4.12. The van der Waals surface area contributed by atoms with E-state index >= 15 is 0 Å². The molecule has 0 bridgehead atoms. The molecule has 122 valence electrons. The van der Waals surface area contributed by atoms with Gasteiger partial charge in [0, 0.05) is 26.3 Å². The maximum atomic E-state index is 11.1. The molecule has 1 heterocycles. The predicted octanol–water partition coefficient (Wildman–Crippen LogP) is 0.590. The predicted molar refractivity (Wildman–Crippen MR) is 88.3 cm³/mol. The molecule has 0 amide bonds. The number of guanidine groups is 1. The largest absolute Gasteiger partial charge is 0.488 e. The number of ether oxygens (including phenoxy) is 1. The number of aliphatic imine (C=N–C) groups is 1. The van der Waals surface area contributed by atoms with Gasteiger partial charge in [-0.1, -0.05) is 18.2 Å². The zero-order valence-electron chi connectivity index (χ0n) is 13.0. The number of sulfone groups is 1. The highest BCUT2D eigenvalue weighted by atomic mass is 32.2. The number of benzene rings is 1. The van der Waals surface area contributed by atoms with E-state index in [4.69, 9.17) is 4.74 Å². The van der Waals surface area contributed by atoms with Crippen molar-refractivity contribution in [2.24, 2.45) is 4.99 Å². The molecular weight excluding hydrogens is 302 g/mol. The normalized spacial score (nSPS) is 17.7. The second-order valence-corrected chi connectivity index (χ2v) is 7.67. The lowest BCUT2D eigenvalue weighted by Crippen LogP contribution is -2.42. The number of hydrogen-bond acceptors (Lipinski definition) is 4. The van der Waals surface area contributed by atoms with Gasteiger partial charge in [-0.05, 0) is 18.1 Å². The van der Waals surface area contributed by atoms with E-state index in [-0.39, 0.29) is 11.9 Å². The smallest absolute Gasteiger partial charge is 0.191 e. The van der Waals surface area contributed by atoms with Crippen LogP contribution in [0.3, 0.4) is 0 Å². The molecule has 0 saturated carbocycles. The number of nitrogens with one attached hydrogen (secondary N) is 2. The van der Waals surface area contributed by atoms with E-state index in [1.165, 1.54) is 11.8 Å². The summed E-state index contributed by atoms with van der Waals surface area (Å²) in [5.41, 5.74) is 1.23. The Morgan fingerprint density at radius 3 is 2.82 bits per heavy atom. The lowest BCUT2D eigenvalue weighted by Gasteiger charge is -2.15. The molecule has 1 aliphatic heterocycles. The lowest BCUT2D eigenvalue weighted by molar-refractivity contribution is 0.235. The molecule has 0 saturated heterocycles. The number of para-hydroxylation sites is 1. The third kappa shape index (κ3) is 5.22. The monoisotopic (exact) mass is 325 g/mol. The molecule has 0 spiro atoms. The summed E-state index contributed by atoms with van der Waals surface area (Å²) in [6.07, 6.45) is 2.78. The van der Waals surface area contributed by atoms with Crippen molar-refractivity contribution in [2.45, 2.75) is 18.9 Å². The van der Waals surface area contributed by atoms with Crippen molar-refractivity contribution >= 4 is 15.8 Å². The van der Waals surface area contributed by atoms with Gasteiger partial charge in [-0.2, -0.15) is 0 Å². The minimum absolute atomic E-state index is 0.0898. The van der Waals surface area contributed by atoms with Crippen LogP contribution >= 0.6 is 0 Å². The Morgan fingerprint density at radius 2 is 2.14 bits per heavy atom. The Bertz CT molecular complexity index is 604. The molecule has 22 heavy (non-hydrogen) atoms. The van der Waals surface area contributed by atoms with Gasteiger partial charge in [-0.25, -0.2) is 8.42 Å². The summed E-state index contributed by atoms with van der Waals surface area (Å²) < 4.78 is 28.0. The SMILES string of the molecule is CN=C(NCCCS(C)(=O)=O)NCC1Cc2ccccc2O1. The van der Waals surface area contributed by atoms with E-state index in [1.807, 2.05) is 18.2 Å². The summed E-state index contributed by atoms with van der Waals surface area (Å²) in [5.74, 6) is 1.79. The van der Waals surface area contributed by atoms with Crippen molar-refractivity contribution in [3.63, 3.8) is 0 Å². The number of hydrogen-bond donors (Lipinski definition) is 2. The van der Waals surface area contributed by atoms with Crippen LogP contribution in [0.4, 0.5) is 0 Å². The van der Waals surface area contributed by atoms with Crippen molar-refractivity contribution in [3.8, 4) is 5.75 Å². The first-order valence-electron chi connectivity index (χ1n) is 7.35. The van der Waals surface area contributed by atoms with Crippen LogP contribution in [0.25, 0.3) is 0 Å². The zero-order valence-corrected chi connectivity index (χ0v) is 13.8. The molecule has 1 atom stereocenters. The van der Waals surface area contributed by atoms with Crippen molar-refractivity contribution in [1.82, 2.24) is 10.6 Å². The van der Waals surface area contributed by atoms with Crippen LogP contribution in [-0.4, -0.2) is 52.6 Å². The van der Waals surface area contributed by atoms with Crippen LogP contribution in [0, 0.1) is 0 Å². The second-order valence-electron chi connectivity index (χ2n) is 5.42. The standard InChI is InChI=1S/C15H23N3O3S/c1-16-15(17-8-5-9-22(2,19)20)18-11-13-10-12-6-3-4-7-14(12)21-13/h3-4,6-7,13H,5,8-11H2,1-2H3,(H2,16,17,18). The first-order chi connectivity index (χ1) is 10.5. The third-order valence-electron chi connectivity index (χ3n) is 3.42. The average molecular weight is 325 g/mol. The van der Waals surface area contributed by atoms with Gasteiger partial charge >= 0.3 is 0 Å². The molecule has 0 aromatic heterocycles. The van der Waals surface area contributed by atoms with Crippen LogP contribution in [0.5, 0.6) is 5.75 Å². The van der Waals surface area contributed by atoms with Crippen LogP contribution < -0.4 is 15.4 Å². The highest BCUT2D eigenvalue weighted by Crippen LogP contribution is 2.27. The summed E-state index contributed by atoms with van der Waals surface area (Å²) in [6.45, 7) is 1.22. The van der Waals surface area contributed by atoms with Crippen LogP contribution in [0.2, 0.25) is 0 Å². The van der Waals surface area contributed by atoms with Gasteiger partial charge in [0.1, 0.15) is 21.7 Å². The maximum Gasteiger partial charge on any atom is 0.191 e. The van der Waals surface area contributed by atoms with Gasteiger partial charge in [-0.3, -0.25) is 4.99 Å². The number of nitrogens with zero attached hydrogens (tertiary/aromatic N) is 1. The molecule has 1 aliphatic rings. The minimum Gasteiger partial charge on any atom is -0.488 e. The molecule has 0 aliphatic carbocycles. The summed E-state index contributed by atoms with van der Waals surface area (Å²) in [6, 6.07) is 8.04. The maximum absolute atomic E-state index is 11.1. The topological polar surface area (TPSA) is 79.8 Å². The van der Waals surface area contributed by atoms with Gasteiger partial charge < -0.3 is 15.4 Å². The van der Waals surface area contributed by atoms with Crippen molar-refractivity contribution in [2.75, 3.05) is 32.1 Å².